The van der Waals surface area contributed by atoms with Crippen LogP contribution in [0.5, 0.6) is 0 Å². The average molecular weight is 411 g/mol. The molecule has 0 aromatic rings. The van der Waals surface area contributed by atoms with Crippen LogP contribution >= 0.6 is 0 Å². The van der Waals surface area contributed by atoms with E-state index in [-0.39, 0.29) is 0 Å². The molecule has 1 atom stereocenters. The van der Waals surface area contributed by atoms with Gasteiger partial charge in [0.15, 0.2) is 0 Å². The average Bonchev–Trinajstić information content (AvgIpc) is 2.67. The predicted molar refractivity (Wildman–Crippen MR) is 107 cm³/mol. The SMILES string of the molecule is CCCOC(CC[Si](OCC)(OCC)OC(C)OC)(OCCC)OCCC. The van der Waals surface area contributed by atoms with E-state index in [4.69, 9.17) is 32.2 Å². The molecule has 0 heterocycles. The lowest BCUT2D eigenvalue weighted by atomic mass is 10.3. The Bertz CT molecular complexity index is 316. The molecule has 0 spiro atoms. The number of hydrogen-bond donors (Lipinski definition) is 0. The van der Waals surface area contributed by atoms with Crippen molar-refractivity contribution in [1.29, 1.82) is 0 Å². The van der Waals surface area contributed by atoms with Crippen LogP contribution in [-0.4, -0.2) is 61.2 Å². The molecular weight excluding hydrogens is 368 g/mol. The third kappa shape index (κ3) is 10.9. The Kier molecular flexibility index (Phi) is 15.8. The van der Waals surface area contributed by atoms with E-state index in [1.54, 1.807) is 7.11 Å². The summed E-state index contributed by atoms with van der Waals surface area (Å²) in [5.74, 6) is -1.10. The maximum Gasteiger partial charge on any atom is 0.503 e. The topological polar surface area (TPSA) is 64.6 Å². The first kappa shape index (κ1) is 26.9. The van der Waals surface area contributed by atoms with E-state index in [9.17, 15) is 0 Å². The standard InChI is InChI=1S/C19H42O7Si/c1-8-14-21-19(22-15-9-2,23-16-10-3)13-17-27(24-11-4,25-12-5)26-18(6)20-7/h18H,8-17H2,1-7H3. The summed E-state index contributed by atoms with van der Waals surface area (Å²) in [6.45, 7) is 14.6. The van der Waals surface area contributed by atoms with Crippen molar-refractivity contribution in [3.05, 3.63) is 0 Å². The van der Waals surface area contributed by atoms with Gasteiger partial charge in [-0.15, -0.1) is 0 Å². The van der Waals surface area contributed by atoms with Crippen molar-refractivity contribution in [2.45, 2.75) is 85.5 Å². The predicted octanol–water partition coefficient (Wildman–Crippen LogP) is 4.33. The minimum atomic E-state index is -2.97. The Labute approximate surface area is 167 Å². The van der Waals surface area contributed by atoms with E-state index in [1.165, 1.54) is 0 Å². The van der Waals surface area contributed by atoms with Gasteiger partial charge < -0.3 is 32.2 Å². The third-order valence-electron chi connectivity index (χ3n) is 3.72. The normalized spacial score (nSPS) is 13.9. The van der Waals surface area contributed by atoms with Gasteiger partial charge in [-0.1, -0.05) is 20.8 Å². The van der Waals surface area contributed by atoms with Crippen molar-refractivity contribution in [2.75, 3.05) is 40.1 Å². The van der Waals surface area contributed by atoms with Crippen molar-refractivity contribution in [2.24, 2.45) is 0 Å². The molecule has 0 saturated carbocycles. The second-order valence-electron chi connectivity index (χ2n) is 6.20. The quantitative estimate of drug-likeness (QED) is 0.232. The molecule has 27 heavy (non-hydrogen) atoms. The molecule has 0 aliphatic carbocycles. The first-order chi connectivity index (χ1) is 13.0. The summed E-state index contributed by atoms with van der Waals surface area (Å²) in [4.78, 5) is 0. The van der Waals surface area contributed by atoms with Crippen molar-refractivity contribution in [1.82, 2.24) is 0 Å². The van der Waals surface area contributed by atoms with Crippen LogP contribution < -0.4 is 0 Å². The van der Waals surface area contributed by atoms with Gasteiger partial charge in [-0.05, 0) is 40.0 Å². The molecule has 0 fully saturated rings. The van der Waals surface area contributed by atoms with E-state index in [0.29, 0.717) is 45.5 Å². The van der Waals surface area contributed by atoms with Crippen LogP contribution in [0, 0.1) is 0 Å². The Balaban J connectivity index is 5.42. The van der Waals surface area contributed by atoms with E-state index >= 15 is 0 Å². The van der Waals surface area contributed by atoms with Gasteiger partial charge in [0.1, 0.15) is 6.29 Å². The third-order valence-corrected chi connectivity index (χ3v) is 6.73. The van der Waals surface area contributed by atoms with Crippen molar-refractivity contribution < 1.29 is 32.2 Å². The summed E-state index contributed by atoms with van der Waals surface area (Å²) in [5.41, 5.74) is 0. The lowest BCUT2D eigenvalue weighted by Crippen LogP contribution is -2.51. The molecule has 0 bridgehead atoms. The molecule has 1 unspecified atom stereocenters. The Morgan fingerprint density at radius 1 is 0.778 bits per heavy atom. The van der Waals surface area contributed by atoms with Gasteiger partial charge in [-0.2, -0.15) is 0 Å². The lowest BCUT2D eigenvalue weighted by Gasteiger charge is -2.37. The van der Waals surface area contributed by atoms with Crippen LogP contribution in [0.2, 0.25) is 6.04 Å². The first-order valence-electron chi connectivity index (χ1n) is 10.4. The monoisotopic (exact) mass is 410 g/mol. The molecule has 0 aliphatic rings. The zero-order chi connectivity index (χ0) is 20.6. The van der Waals surface area contributed by atoms with Crippen LogP contribution in [0.4, 0.5) is 0 Å². The van der Waals surface area contributed by atoms with Crippen LogP contribution in [-0.2, 0) is 32.2 Å². The number of ether oxygens (including phenoxy) is 4. The van der Waals surface area contributed by atoms with Crippen LogP contribution in [0.15, 0.2) is 0 Å². The van der Waals surface area contributed by atoms with Crippen LogP contribution in [0.25, 0.3) is 0 Å². The molecule has 0 aliphatic heterocycles. The fraction of sp³-hybridized carbons (Fsp3) is 1.00. The molecule has 7 nitrogen and oxygen atoms in total. The highest BCUT2D eigenvalue weighted by molar-refractivity contribution is 6.60. The summed E-state index contributed by atoms with van der Waals surface area (Å²) < 4.78 is 41.5. The largest absolute Gasteiger partial charge is 0.503 e. The maximum absolute atomic E-state index is 6.08. The molecule has 164 valence electrons. The lowest BCUT2D eigenvalue weighted by molar-refractivity contribution is -0.382. The summed E-state index contributed by atoms with van der Waals surface area (Å²) >= 11 is 0. The fourth-order valence-electron chi connectivity index (χ4n) is 2.47. The Hall–Kier alpha value is -0.0631. The van der Waals surface area contributed by atoms with Gasteiger partial charge in [-0.25, -0.2) is 0 Å². The molecule has 0 aromatic carbocycles. The highest BCUT2D eigenvalue weighted by Crippen LogP contribution is 2.30. The molecular formula is C19H42O7Si. The Morgan fingerprint density at radius 2 is 1.22 bits per heavy atom. The van der Waals surface area contributed by atoms with Gasteiger partial charge in [0.2, 0.25) is 0 Å². The second kappa shape index (κ2) is 15.8. The molecule has 0 N–H and O–H groups in total. The van der Waals surface area contributed by atoms with E-state index in [0.717, 1.165) is 19.3 Å². The number of rotatable bonds is 19. The van der Waals surface area contributed by atoms with Gasteiger partial charge >= 0.3 is 8.80 Å². The molecule has 0 amide bonds. The molecule has 8 heteroatoms. The number of hydrogen-bond acceptors (Lipinski definition) is 7. The zero-order valence-electron chi connectivity index (χ0n) is 18.5. The summed E-state index contributed by atoms with van der Waals surface area (Å²) in [5, 5.41) is 0. The molecule has 0 saturated heterocycles. The van der Waals surface area contributed by atoms with Gasteiger partial charge in [-0.3, -0.25) is 0 Å². The molecule has 0 radical (unpaired) electrons. The first-order valence-corrected chi connectivity index (χ1v) is 12.3. The van der Waals surface area contributed by atoms with Crippen LogP contribution in [0.3, 0.4) is 0 Å². The number of methoxy groups -OCH3 is 1. The highest BCUT2D eigenvalue weighted by Gasteiger charge is 2.46. The molecule has 0 aromatic heterocycles. The van der Waals surface area contributed by atoms with Crippen molar-refractivity contribution in [3.63, 3.8) is 0 Å². The van der Waals surface area contributed by atoms with Crippen LogP contribution in [0.1, 0.15) is 67.2 Å². The zero-order valence-corrected chi connectivity index (χ0v) is 19.5. The van der Waals surface area contributed by atoms with E-state index in [1.807, 2.05) is 20.8 Å². The maximum atomic E-state index is 6.08. The minimum Gasteiger partial charge on any atom is -0.374 e. The summed E-state index contributed by atoms with van der Waals surface area (Å²) in [6, 6.07) is 0.513. The second-order valence-corrected chi connectivity index (χ2v) is 8.88. The Morgan fingerprint density at radius 3 is 1.56 bits per heavy atom. The van der Waals surface area contributed by atoms with E-state index in [2.05, 4.69) is 20.8 Å². The smallest absolute Gasteiger partial charge is 0.374 e. The van der Waals surface area contributed by atoms with Crippen molar-refractivity contribution >= 4 is 8.80 Å². The minimum absolute atomic E-state index is 0.422. The molecule has 0 rings (SSSR count). The fourth-order valence-corrected chi connectivity index (χ4v) is 5.19. The van der Waals surface area contributed by atoms with Crippen molar-refractivity contribution in [3.8, 4) is 0 Å². The van der Waals surface area contributed by atoms with Gasteiger partial charge in [0, 0.05) is 32.8 Å². The summed E-state index contributed by atoms with van der Waals surface area (Å²) in [6.07, 6.45) is 2.68. The summed E-state index contributed by atoms with van der Waals surface area (Å²) in [7, 11) is -1.37. The van der Waals surface area contributed by atoms with Gasteiger partial charge in [0.25, 0.3) is 5.97 Å². The van der Waals surface area contributed by atoms with Gasteiger partial charge in [0.05, 0.1) is 19.8 Å². The highest BCUT2D eigenvalue weighted by atomic mass is 28.4. The van der Waals surface area contributed by atoms with E-state index < -0.39 is 21.1 Å².